The molecule has 3 aliphatic carbocycles. The zero-order chi connectivity index (χ0) is 10.7. The molecule has 2 unspecified atom stereocenters. The van der Waals surface area contributed by atoms with Crippen LogP contribution in [-0.2, 0) is 11.2 Å². The molecule has 0 amide bonds. The van der Waals surface area contributed by atoms with Crippen molar-refractivity contribution in [1.82, 2.24) is 0 Å². The number of hydrogen-bond acceptors (Lipinski definition) is 1. The second kappa shape index (κ2) is 2.97. The van der Waals surface area contributed by atoms with Crippen LogP contribution in [0.5, 0.6) is 0 Å². The molecule has 0 saturated heterocycles. The summed E-state index contributed by atoms with van der Waals surface area (Å²) in [6.45, 7) is 0. The molecular weight excluding hydrogens is 196 g/mol. The highest BCUT2D eigenvalue weighted by molar-refractivity contribution is 5.83. The van der Waals surface area contributed by atoms with Crippen LogP contribution in [0.15, 0.2) is 18.2 Å². The number of ketones is 1. The lowest BCUT2D eigenvalue weighted by Crippen LogP contribution is -2.00. The Balaban J connectivity index is 1.84. The van der Waals surface area contributed by atoms with Gasteiger partial charge in [-0.1, -0.05) is 18.2 Å². The molecule has 3 aliphatic rings. The Kier molecular flexibility index (Phi) is 1.66. The Labute approximate surface area is 95.9 Å². The van der Waals surface area contributed by atoms with Crippen molar-refractivity contribution >= 4 is 5.78 Å². The Morgan fingerprint density at radius 2 is 1.94 bits per heavy atom. The monoisotopic (exact) mass is 212 g/mol. The lowest BCUT2D eigenvalue weighted by Gasteiger charge is -2.13. The molecule has 2 fully saturated rings. The summed E-state index contributed by atoms with van der Waals surface area (Å²) in [4.78, 5) is 11.6. The van der Waals surface area contributed by atoms with E-state index in [0.29, 0.717) is 17.6 Å². The van der Waals surface area contributed by atoms with Crippen molar-refractivity contribution in [2.24, 2.45) is 5.92 Å². The standard InChI is InChI=1S/C15H16O/c16-12-7-11-6-10-2-1-3-13(9-4-5-9)15(10)14(11)8-12/h1-3,9,11,14H,4-8H2. The van der Waals surface area contributed by atoms with Gasteiger partial charge < -0.3 is 0 Å². The molecule has 1 aromatic rings. The van der Waals surface area contributed by atoms with E-state index >= 15 is 0 Å². The highest BCUT2D eigenvalue weighted by Gasteiger charge is 2.42. The summed E-state index contributed by atoms with van der Waals surface area (Å²) in [6.07, 6.45) is 5.54. The fourth-order valence-corrected chi connectivity index (χ4v) is 3.78. The van der Waals surface area contributed by atoms with Gasteiger partial charge in [0.15, 0.2) is 0 Å². The molecule has 1 aromatic carbocycles. The molecule has 0 radical (unpaired) electrons. The van der Waals surface area contributed by atoms with Crippen LogP contribution < -0.4 is 0 Å². The lowest BCUT2D eigenvalue weighted by atomic mass is 9.91. The largest absolute Gasteiger partial charge is 0.300 e. The molecule has 0 heterocycles. The van der Waals surface area contributed by atoms with Crippen molar-refractivity contribution in [3.05, 3.63) is 34.9 Å². The summed E-state index contributed by atoms with van der Waals surface area (Å²) in [6, 6.07) is 6.81. The number of fused-ring (bicyclic) bond motifs is 3. The lowest BCUT2D eigenvalue weighted by molar-refractivity contribution is -0.117. The third-order valence-corrected chi connectivity index (χ3v) is 4.61. The smallest absolute Gasteiger partial charge is 0.133 e. The van der Waals surface area contributed by atoms with Gasteiger partial charge in [0.05, 0.1) is 0 Å². The van der Waals surface area contributed by atoms with Gasteiger partial charge in [0.25, 0.3) is 0 Å². The van der Waals surface area contributed by atoms with Crippen LogP contribution in [0.25, 0.3) is 0 Å². The maximum absolute atomic E-state index is 11.6. The van der Waals surface area contributed by atoms with E-state index in [9.17, 15) is 4.79 Å². The first-order valence-corrected chi connectivity index (χ1v) is 6.46. The van der Waals surface area contributed by atoms with Gasteiger partial charge in [0, 0.05) is 12.8 Å². The van der Waals surface area contributed by atoms with Gasteiger partial charge >= 0.3 is 0 Å². The number of rotatable bonds is 1. The van der Waals surface area contributed by atoms with Crippen molar-refractivity contribution in [3.8, 4) is 0 Å². The van der Waals surface area contributed by atoms with Crippen molar-refractivity contribution < 1.29 is 4.79 Å². The summed E-state index contributed by atoms with van der Waals surface area (Å²) in [7, 11) is 0. The number of carbonyl (C=O) groups is 1. The highest BCUT2D eigenvalue weighted by Crippen LogP contribution is 2.52. The summed E-state index contributed by atoms with van der Waals surface area (Å²) in [5.41, 5.74) is 4.72. The Hall–Kier alpha value is -1.11. The molecule has 2 saturated carbocycles. The fourth-order valence-electron chi connectivity index (χ4n) is 3.78. The van der Waals surface area contributed by atoms with Crippen LogP contribution in [0.2, 0.25) is 0 Å². The first kappa shape index (κ1) is 8.98. The van der Waals surface area contributed by atoms with E-state index in [-0.39, 0.29) is 0 Å². The molecular formula is C15H16O. The summed E-state index contributed by atoms with van der Waals surface area (Å²) < 4.78 is 0. The number of carbonyl (C=O) groups excluding carboxylic acids is 1. The van der Waals surface area contributed by atoms with E-state index in [1.54, 1.807) is 16.7 Å². The third-order valence-electron chi connectivity index (χ3n) is 4.61. The fraction of sp³-hybridized carbons (Fsp3) is 0.533. The van der Waals surface area contributed by atoms with Crippen LogP contribution in [0, 0.1) is 5.92 Å². The summed E-state index contributed by atoms with van der Waals surface area (Å²) in [5.74, 6) is 2.54. The van der Waals surface area contributed by atoms with Crippen molar-refractivity contribution in [1.29, 1.82) is 0 Å². The average Bonchev–Trinajstić information content (AvgIpc) is 2.96. The van der Waals surface area contributed by atoms with Crippen LogP contribution in [-0.4, -0.2) is 5.78 Å². The second-order valence-electron chi connectivity index (χ2n) is 5.71. The number of benzene rings is 1. The molecule has 2 atom stereocenters. The van der Waals surface area contributed by atoms with Gasteiger partial charge in [-0.25, -0.2) is 0 Å². The first-order valence-electron chi connectivity index (χ1n) is 6.46. The molecule has 16 heavy (non-hydrogen) atoms. The normalized spacial score (nSPS) is 31.6. The SMILES string of the molecule is O=C1CC2Cc3cccc(C4CC4)c3C2C1. The van der Waals surface area contributed by atoms with Crippen molar-refractivity contribution in [2.45, 2.75) is 43.9 Å². The van der Waals surface area contributed by atoms with Gasteiger partial charge in [-0.15, -0.1) is 0 Å². The van der Waals surface area contributed by atoms with E-state index in [1.807, 2.05) is 0 Å². The molecule has 82 valence electrons. The molecule has 1 nitrogen and oxygen atoms in total. The Morgan fingerprint density at radius 1 is 1.06 bits per heavy atom. The van der Waals surface area contributed by atoms with Gasteiger partial charge in [0.2, 0.25) is 0 Å². The minimum absolute atomic E-state index is 0.492. The third kappa shape index (κ3) is 1.15. The number of hydrogen-bond donors (Lipinski definition) is 0. The van der Waals surface area contributed by atoms with E-state index in [2.05, 4.69) is 18.2 Å². The van der Waals surface area contributed by atoms with Crippen LogP contribution in [0.1, 0.15) is 54.2 Å². The van der Waals surface area contributed by atoms with Gasteiger partial charge in [-0.3, -0.25) is 4.79 Å². The van der Waals surface area contributed by atoms with E-state index in [1.165, 1.54) is 12.8 Å². The molecule has 1 heteroatoms. The summed E-state index contributed by atoms with van der Waals surface area (Å²) >= 11 is 0. The van der Waals surface area contributed by atoms with Gasteiger partial charge in [-0.2, -0.15) is 0 Å². The van der Waals surface area contributed by atoms with Gasteiger partial charge in [0.1, 0.15) is 5.78 Å². The quantitative estimate of drug-likeness (QED) is 0.698. The Bertz CT molecular complexity index is 470. The molecule has 0 aliphatic heterocycles. The van der Waals surface area contributed by atoms with Crippen LogP contribution >= 0.6 is 0 Å². The van der Waals surface area contributed by atoms with Crippen LogP contribution in [0.4, 0.5) is 0 Å². The number of Topliss-reactive ketones (excluding diaryl/α,β-unsaturated/α-hetero) is 1. The minimum Gasteiger partial charge on any atom is -0.300 e. The summed E-state index contributed by atoms with van der Waals surface area (Å²) in [5, 5.41) is 0. The van der Waals surface area contributed by atoms with E-state index < -0.39 is 0 Å². The first-order chi connectivity index (χ1) is 7.83. The van der Waals surface area contributed by atoms with E-state index in [4.69, 9.17) is 0 Å². The van der Waals surface area contributed by atoms with E-state index in [0.717, 1.165) is 25.2 Å². The maximum Gasteiger partial charge on any atom is 0.133 e. The molecule has 4 rings (SSSR count). The van der Waals surface area contributed by atoms with Gasteiger partial charge in [-0.05, 0) is 53.7 Å². The highest BCUT2D eigenvalue weighted by atomic mass is 16.1. The molecule has 0 bridgehead atoms. The molecule has 0 aromatic heterocycles. The van der Waals surface area contributed by atoms with Crippen molar-refractivity contribution in [2.75, 3.05) is 0 Å². The predicted molar refractivity (Wildman–Crippen MR) is 62.6 cm³/mol. The average molecular weight is 212 g/mol. The Morgan fingerprint density at radius 3 is 2.75 bits per heavy atom. The molecule has 0 spiro atoms. The zero-order valence-electron chi connectivity index (χ0n) is 9.41. The topological polar surface area (TPSA) is 17.1 Å². The maximum atomic E-state index is 11.6. The minimum atomic E-state index is 0.492. The molecule has 0 N–H and O–H groups in total. The second-order valence-corrected chi connectivity index (χ2v) is 5.71. The van der Waals surface area contributed by atoms with Crippen molar-refractivity contribution in [3.63, 3.8) is 0 Å². The van der Waals surface area contributed by atoms with Crippen LogP contribution in [0.3, 0.4) is 0 Å². The zero-order valence-corrected chi connectivity index (χ0v) is 9.41. The predicted octanol–water partition coefficient (Wildman–Crippen LogP) is 3.18.